The van der Waals surface area contributed by atoms with E-state index in [1.807, 2.05) is 17.9 Å². The second-order valence-corrected chi connectivity index (χ2v) is 6.13. The average molecular weight is 303 g/mol. The predicted molar refractivity (Wildman–Crippen MR) is 84.6 cm³/mol. The maximum absolute atomic E-state index is 12.8. The van der Waals surface area contributed by atoms with Crippen LogP contribution in [0.4, 0.5) is 0 Å². The minimum atomic E-state index is 0.0404. The Balaban J connectivity index is 1.74. The number of amides is 1. The summed E-state index contributed by atoms with van der Waals surface area (Å²) in [5, 5.41) is 0. The van der Waals surface area contributed by atoms with Gasteiger partial charge in [0.2, 0.25) is 5.91 Å². The van der Waals surface area contributed by atoms with E-state index in [1.165, 1.54) is 5.56 Å². The van der Waals surface area contributed by atoms with Gasteiger partial charge in [-0.3, -0.25) is 4.79 Å². The largest absolute Gasteiger partial charge is 0.381 e. The minimum absolute atomic E-state index is 0.0404. The van der Waals surface area contributed by atoms with Crippen molar-refractivity contribution in [3.8, 4) is 0 Å². The summed E-state index contributed by atoms with van der Waals surface area (Å²) in [7, 11) is 0. The van der Waals surface area contributed by atoms with Crippen LogP contribution in [0, 0.1) is 5.92 Å². The number of carbonyl (C=O) groups is 1. The van der Waals surface area contributed by atoms with Crippen molar-refractivity contribution in [2.45, 2.75) is 38.3 Å². The normalized spacial score (nSPS) is 28.2. The third-order valence-electron chi connectivity index (χ3n) is 4.71. The molecule has 0 saturated carbocycles. The molecule has 4 nitrogen and oxygen atoms in total. The fraction of sp³-hybridized carbons (Fsp3) is 0.611. The van der Waals surface area contributed by atoms with Crippen molar-refractivity contribution in [2.75, 3.05) is 26.4 Å². The third kappa shape index (κ3) is 3.33. The van der Waals surface area contributed by atoms with Crippen LogP contribution in [0.15, 0.2) is 30.3 Å². The highest BCUT2D eigenvalue weighted by Gasteiger charge is 2.40. The van der Waals surface area contributed by atoms with Gasteiger partial charge in [0.05, 0.1) is 24.7 Å². The molecule has 2 aliphatic rings. The Labute approximate surface area is 132 Å². The summed E-state index contributed by atoms with van der Waals surface area (Å²) in [5.74, 6) is 0.291. The molecule has 0 bridgehead atoms. The summed E-state index contributed by atoms with van der Waals surface area (Å²) >= 11 is 0. The first kappa shape index (κ1) is 15.5. The molecule has 120 valence electrons. The Morgan fingerprint density at radius 3 is 2.82 bits per heavy atom. The monoisotopic (exact) mass is 303 g/mol. The van der Waals surface area contributed by atoms with Gasteiger partial charge in [-0.15, -0.1) is 0 Å². The van der Waals surface area contributed by atoms with Gasteiger partial charge in [0.1, 0.15) is 0 Å². The summed E-state index contributed by atoms with van der Waals surface area (Å²) in [5.41, 5.74) is 1.26. The van der Waals surface area contributed by atoms with E-state index in [4.69, 9.17) is 9.47 Å². The van der Waals surface area contributed by atoms with Crippen molar-refractivity contribution in [2.24, 2.45) is 5.92 Å². The van der Waals surface area contributed by atoms with Gasteiger partial charge < -0.3 is 14.4 Å². The number of benzene rings is 1. The van der Waals surface area contributed by atoms with E-state index in [9.17, 15) is 4.79 Å². The number of likely N-dealkylation sites (tertiary alicyclic amines) is 1. The lowest BCUT2D eigenvalue weighted by Gasteiger charge is -2.30. The molecule has 2 fully saturated rings. The van der Waals surface area contributed by atoms with Crippen LogP contribution in [0.5, 0.6) is 0 Å². The van der Waals surface area contributed by atoms with E-state index in [0.717, 1.165) is 25.8 Å². The van der Waals surface area contributed by atoms with E-state index in [-0.39, 0.29) is 24.0 Å². The SMILES string of the molecule is CCO[C@H]1CCN(C(=O)[C@H]2CCOC2)[C@H]1Cc1ccccc1. The Morgan fingerprint density at radius 1 is 1.32 bits per heavy atom. The van der Waals surface area contributed by atoms with Gasteiger partial charge in [0.15, 0.2) is 0 Å². The lowest BCUT2D eigenvalue weighted by molar-refractivity contribution is -0.137. The second-order valence-electron chi connectivity index (χ2n) is 6.13. The summed E-state index contributed by atoms with van der Waals surface area (Å²) in [6, 6.07) is 10.5. The summed E-state index contributed by atoms with van der Waals surface area (Å²) in [4.78, 5) is 14.8. The van der Waals surface area contributed by atoms with E-state index in [2.05, 4.69) is 24.3 Å². The van der Waals surface area contributed by atoms with E-state index < -0.39 is 0 Å². The topological polar surface area (TPSA) is 38.8 Å². The van der Waals surface area contributed by atoms with Crippen LogP contribution >= 0.6 is 0 Å². The fourth-order valence-corrected chi connectivity index (χ4v) is 3.57. The van der Waals surface area contributed by atoms with E-state index >= 15 is 0 Å². The fourth-order valence-electron chi connectivity index (χ4n) is 3.57. The van der Waals surface area contributed by atoms with E-state index in [0.29, 0.717) is 19.8 Å². The number of rotatable bonds is 5. The molecule has 3 atom stereocenters. The molecule has 0 radical (unpaired) electrons. The molecule has 0 N–H and O–H groups in total. The Morgan fingerprint density at radius 2 is 2.14 bits per heavy atom. The molecule has 0 spiro atoms. The smallest absolute Gasteiger partial charge is 0.228 e. The first-order valence-corrected chi connectivity index (χ1v) is 8.33. The van der Waals surface area contributed by atoms with Crippen molar-refractivity contribution in [3.63, 3.8) is 0 Å². The molecule has 2 aliphatic heterocycles. The maximum Gasteiger partial charge on any atom is 0.228 e. The Kier molecular flexibility index (Phi) is 5.11. The average Bonchev–Trinajstić information content (AvgIpc) is 3.19. The van der Waals surface area contributed by atoms with Crippen molar-refractivity contribution >= 4 is 5.91 Å². The molecule has 2 saturated heterocycles. The van der Waals surface area contributed by atoms with Gasteiger partial charge in [0.25, 0.3) is 0 Å². The summed E-state index contributed by atoms with van der Waals surface area (Å²) in [6.45, 7) is 4.81. The molecular formula is C18H25NO3. The van der Waals surface area contributed by atoms with Crippen LogP contribution in [0.2, 0.25) is 0 Å². The number of hydrogen-bond donors (Lipinski definition) is 0. The molecule has 0 aliphatic carbocycles. The van der Waals surface area contributed by atoms with Crippen LogP contribution in [0.25, 0.3) is 0 Å². The van der Waals surface area contributed by atoms with Crippen LogP contribution in [0.3, 0.4) is 0 Å². The van der Waals surface area contributed by atoms with Gasteiger partial charge in [-0.2, -0.15) is 0 Å². The van der Waals surface area contributed by atoms with Crippen molar-refractivity contribution in [1.82, 2.24) is 4.90 Å². The summed E-state index contributed by atoms with van der Waals surface area (Å²) in [6.07, 6.45) is 2.80. The van der Waals surface area contributed by atoms with Gasteiger partial charge >= 0.3 is 0 Å². The third-order valence-corrected chi connectivity index (χ3v) is 4.71. The number of ether oxygens (including phenoxy) is 2. The highest BCUT2D eigenvalue weighted by atomic mass is 16.5. The van der Waals surface area contributed by atoms with Crippen molar-refractivity contribution in [3.05, 3.63) is 35.9 Å². The number of carbonyl (C=O) groups excluding carboxylic acids is 1. The predicted octanol–water partition coefficient (Wildman–Crippen LogP) is 2.27. The highest BCUT2D eigenvalue weighted by molar-refractivity contribution is 5.80. The molecule has 0 aromatic heterocycles. The van der Waals surface area contributed by atoms with E-state index in [1.54, 1.807) is 0 Å². The summed E-state index contributed by atoms with van der Waals surface area (Å²) < 4.78 is 11.3. The zero-order valence-corrected chi connectivity index (χ0v) is 13.2. The van der Waals surface area contributed by atoms with Gasteiger partial charge in [-0.25, -0.2) is 0 Å². The Bertz CT molecular complexity index is 484. The molecule has 0 unspecified atom stereocenters. The highest BCUT2D eigenvalue weighted by Crippen LogP contribution is 2.28. The molecule has 4 heteroatoms. The Hall–Kier alpha value is -1.39. The quantitative estimate of drug-likeness (QED) is 0.837. The first-order chi connectivity index (χ1) is 10.8. The zero-order chi connectivity index (χ0) is 15.4. The lowest BCUT2D eigenvalue weighted by Crippen LogP contribution is -2.44. The molecule has 1 aromatic carbocycles. The number of nitrogens with zero attached hydrogens (tertiary/aromatic N) is 1. The maximum atomic E-state index is 12.8. The minimum Gasteiger partial charge on any atom is -0.381 e. The number of hydrogen-bond acceptors (Lipinski definition) is 3. The van der Waals surface area contributed by atoms with Gasteiger partial charge in [-0.05, 0) is 31.7 Å². The molecular weight excluding hydrogens is 278 g/mol. The molecule has 2 heterocycles. The van der Waals surface area contributed by atoms with Gasteiger partial charge in [0, 0.05) is 19.8 Å². The van der Waals surface area contributed by atoms with Crippen molar-refractivity contribution in [1.29, 1.82) is 0 Å². The molecule has 3 rings (SSSR count). The van der Waals surface area contributed by atoms with Crippen LogP contribution in [0.1, 0.15) is 25.3 Å². The molecule has 22 heavy (non-hydrogen) atoms. The lowest BCUT2D eigenvalue weighted by atomic mass is 10.0. The standard InChI is InChI=1S/C18H25NO3/c1-2-22-17-8-10-19(18(20)15-9-11-21-13-15)16(17)12-14-6-4-3-5-7-14/h3-7,15-17H,2,8-13H2,1H3/t15-,16-,17-/m0/s1. The molecule has 1 amide bonds. The second kappa shape index (κ2) is 7.25. The van der Waals surface area contributed by atoms with Crippen molar-refractivity contribution < 1.29 is 14.3 Å². The first-order valence-electron chi connectivity index (χ1n) is 8.33. The van der Waals surface area contributed by atoms with Crippen LogP contribution in [-0.2, 0) is 20.7 Å². The van der Waals surface area contributed by atoms with Gasteiger partial charge in [-0.1, -0.05) is 30.3 Å². The molecule has 1 aromatic rings. The van der Waals surface area contributed by atoms with Crippen LogP contribution < -0.4 is 0 Å². The zero-order valence-electron chi connectivity index (χ0n) is 13.2. The van der Waals surface area contributed by atoms with Crippen LogP contribution in [-0.4, -0.2) is 49.3 Å².